The molecule has 2 aliphatic heterocycles. The molecule has 6 nitrogen and oxygen atoms in total. The molecule has 0 N–H and O–H groups in total. The third-order valence-corrected chi connectivity index (χ3v) is 7.01. The molecule has 0 bridgehead atoms. The average molecular weight is 419 g/mol. The van der Waals surface area contributed by atoms with Gasteiger partial charge in [-0.2, -0.15) is 0 Å². The first-order chi connectivity index (χ1) is 14.1. The molecule has 1 aliphatic carbocycles. The summed E-state index contributed by atoms with van der Waals surface area (Å²) in [6.07, 6.45) is 4.35. The van der Waals surface area contributed by atoms with Crippen molar-refractivity contribution in [2.75, 3.05) is 58.9 Å². The number of rotatable bonds is 5. The molecule has 3 aliphatic rings. The Morgan fingerprint density at radius 1 is 0.862 bits per heavy atom. The van der Waals surface area contributed by atoms with E-state index in [0.717, 1.165) is 50.9 Å². The third kappa shape index (κ3) is 5.11. The predicted molar refractivity (Wildman–Crippen MR) is 114 cm³/mol. The highest BCUT2D eigenvalue weighted by atomic mass is 35.5. The van der Waals surface area contributed by atoms with Crippen LogP contribution < -0.4 is 0 Å². The van der Waals surface area contributed by atoms with Crippen molar-refractivity contribution in [2.24, 2.45) is 0 Å². The Labute approximate surface area is 178 Å². The monoisotopic (exact) mass is 418 g/mol. The largest absolute Gasteiger partial charge is 0.340 e. The van der Waals surface area contributed by atoms with Crippen molar-refractivity contribution in [3.63, 3.8) is 0 Å². The number of benzene rings is 1. The molecular weight excluding hydrogens is 388 g/mol. The molecule has 7 heteroatoms. The van der Waals surface area contributed by atoms with Gasteiger partial charge >= 0.3 is 0 Å². The standard InChI is InChI=1S/C22H31ClN4O2/c23-20-7-2-1-4-18(20)16-21(28)26-10-8-24(9-11-26)17-22(29)27-14-12-25(13-15-27)19-5-3-6-19/h1-2,4,7,19H,3,5-6,8-17H2. The third-order valence-electron chi connectivity index (χ3n) is 6.64. The number of carbonyl (C=O) groups excluding carboxylic acids is 2. The zero-order chi connectivity index (χ0) is 20.2. The lowest BCUT2D eigenvalue weighted by molar-refractivity contribution is -0.136. The van der Waals surface area contributed by atoms with E-state index in [0.29, 0.717) is 31.1 Å². The van der Waals surface area contributed by atoms with E-state index in [1.54, 1.807) is 0 Å². The molecule has 2 heterocycles. The zero-order valence-electron chi connectivity index (χ0n) is 17.1. The van der Waals surface area contributed by atoms with E-state index in [1.165, 1.54) is 19.3 Å². The number of carbonyl (C=O) groups is 2. The summed E-state index contributed by atoms with van der Waals surface area (Å²) in [5, 5.41) is 0.641. The second-order valence-electron chi connectivity index (χ2n) is 8.43. The topological polar surface area (TPSA) is 47.1 Å². The van der Waals surface area contributed by atoms with Gasteiger partial charge in [0.25, 0.3) is 0 Å². The molecule has 3 fully saturated rings. The molecular formula is C22H31ClN4O2. The predicted octanol–water partition coefficient (Wildman–Crippen LogP) is 1.72. The van der Waals surface area contributed by atoms with Crippen LogP contribution in [0.15, 0.2) is 24.3 Å². The number of piperazine rings is 2. The number of halogens is 1. The van der Waals surface area contributed by atoms with Crippen LogP contribution in [0.25, 0.3) is 0 Å². The van der Waals surface area contributed by atoms with Crippen molar-refractivity contribution in [2.45, 2.75) is 31.7 Å². The summed E-state index contributed by atoms with van der Waals surface area (Å²) < 4.78 is 0. The van der Waals surface area contributed by atoms with Crippen molar-refractivity contribution in [3.8, 4) is 0 Å². The lowest BCUT2D eigenvalue weighted by Crippen LogP contribution is -2.56. The molecule has 4 rings (SSSR count). The molecule has 0 radical (unpaired) electrons. The molecule has 0 spiro atoms. The summed E-state index contributed by atoms with van der Waals surface area (Å²) in [6.45, 7) is 7.05. The maximum Gasteiger partial charge on any atom is 0.236 e. The van der Waals surface area contributed by atoms with Crippen LogP contribution in [0.4, 0.5) is 0 Å². The first-order valence-corrected chi connectivity index (χ1v) is 11.2. The van der Waals surface area contributed by atoms with Gasteiger partial charge in [-0.25, -0.2) is 0 Å². The second kappa shape index (κ2) is 9.45. The van der Waals surface area contributed by atoms with Crippen LogP contribution in [0.2, 0.25) is 5.02 Å². The molecule has 29 heavy (non-hydrogen) atoms. The van der Waals surface area contributed by atoms with Gasteiger partial charge in [0.2, 0.25) is 11.8 Å². The van der Waals surface area contributed by atoms with Gasteiger partial charge in [-0.15, -0.1) is 0 Å². The Hall–Kier alpha value is -1.63. The second-order valence-corrected chi connectivity index (χ2v) is 8.83. The molecule has 1 aromatic rings. The maximum absolute atomic E-state index is 12.7. The van der Waals surface area contributed by atoms with Gasteiger partial charge < -0.3 is 9.80 Å². The summed E-state index contributed by atoms with van der Waals surface area (Å²) >= 11 is 6.18. The number of hydrogen-bond acceptors (Lipinski definition) is 4. The molecule has 0 aromatic heterocycles. The highest BCUT2D eigenvalue weighted by molar-refractivity contribution is 6.31. The first kappa shape index (κ1) is 20.6. The normalized spacial score (nSPS) is 21.8. The minimum absolute atomic E-state index is 0.108. The summed E-state index contributed by atoms with van der Waals surface area (Å²) in [4.78, 5) is 33.9. The summed E-state index contributed by atoms with van der Waals surface area (Å²) in [6, 6.07) is 8.27. The van der Waals surface area contributed by atoms with Crippen LogP contribution in [0.5, 0.6) is 0 Å². The van der Waals surface area contributed by atoms with E-state index in [1.807, 2.05) is 34.1 Å². The SMILES string of the molecule is O=C(Cc1ccccc1Cl)N1CCN(CC(=O)N2CCN(C3CCC3)CC2)CC1. The fraction of sp³-hybridized carbons (Fsp3) is 0.636. The van der Waals surface area contributed by atoms with E-state index >= 15 is 0 Å². The molecule has 1 saturated carbocycles. The van der Waals surface area contributed by atoms with Gasteiger partial charge in [-0.3, -0.25) is 19.4 Å². The summed E-state index contributed by atoms with van der Waals surface area (Å²) in [5.41, 5.74) is 0.873. The van der Waals surface area contributed by atoms with Gasteiger partial charge in [0.1, 0.15) is 0 Å². The fourth-order valence-corrected chi connectivity index (χ4v) is 4.65. The Bertz CT molecular complexity index is 723. The lowest BCUT2D eigenvalue weighted by Gasteiger charge is -2.43. The lowest BCUT2D eigenvalue weighted by atomic mass is 9.91. The highest BCUT2D eigenvalue weighted by Gasteiger charge is 2.30. The van der Waals surface area contributed by atoms with Crippen LogP contribution in [-0.2, 0) is 16.0 Å². The number of hydrogen-bond donors (Lipinski definition) is 0. The van der Waals surface area contributed by atoms with Crippen LogP contribution in [-0.4, -0.2) is 96.4 Å². The maximum atomic E-state index is 12.7. The van der Waals surface area contributed by atoms with E-state index in [2.05, 4.69) is 9.80 Å². The molecule has 158 valence electrons. The van der Waals surface area contributed by atoms with Crippen molar-refractivity contribution < 1.29 is 9.59 Å². The Kier molecular flexibility index (Phi) is 6.73. The van der Waals surface area contributed by atoms with E-state index in [4.69, 9.17) is 11.6 Å². The fourth-order valence-electron chi connectivity index (χ4n) is 4.45. The Morgan fingerprint density at radius 3 is 2.10 bits per heavy atom. The van der Waals surface area contributed by atoms with Crippen molar-refractivity contribution in [3.05, 3.63) is 34.9 Å². The quantitative estimate of drug-likeness (QED) is 0.730. The summed E-state index contributed by atoms with van der Waals surface area (Å²) in [7, 11) is 0. The minimum Gasteiger partial charge on any atom is -0.340 e. The highest BCUT2D eigenvalue weighted by Crippen LogP contribution is 2.25. The van der Waals surface area contributed by atoms with Gasteiger partial charge in [0.15, 0.2) is 0 Å². The summed E-state index contributed by atoms with van der Waals surface area (Å²) in [5.74, 6) is 0.338. The smallest absolute Gasteiger partial charge is 0.236 e. The molecule has 0 unspecified atom stereocenters. The average Bonchev–Trinajstić information content (AvgIpc) is 2.69. The first-order valence-electron chi connectivity index (χ1n) is 10.9. The molecule has 1 aromatic carbocycles. The van der Waals surface area contributed by atoms with Gasteiger partial charge in [-0.05, 0) is 24.5 Å². The van der Waals surface area contributed by atoms with Crippen LogP contribution in [0, 0.1) is 0 Å². The minimum atomic E-state index is 0.108. The molecule has 2 amide bonds. The van der Waals surface area contributed by atoms with Crippen LogP contribution >= 0.6 is 11.6 Å². The van der Waals surface area contributed by atoms with E-state index in [9.17, 15) is 9.59 Å². The van der Waals surface area contributed by atoms with Crippen molar-refractivity contribution in [1.82, 2.24) is 19.6 Å². The molecule has 0 atom stereocenters. The van der Waals surface area contributed by atoms with E-state index in [-0.39, 0.29) is 11.8 Å². The van der Waals surface area contributed by atoms with Gasteiger partial charge in [-0.1, -0.05) is 36.2 Å². The zero-order valence-corrected chi connectivity index (χ0v) is 17.8. The van der Waals surface area contributed by atoms with Crippen LogP contribution in [0.1, 0.15) is 24.8 Å². The Morgan fingerprint density at radius 2 is 1.48 bits per heavy atom. The number of nitrogens with zero attached hydrogens (tertiary/aromatic N) is 4. The van der Waals surface area contributed by atoms with Gasteiger partial charge in [0.05, 0.1) is 13.0 Å². The van der Waals surface area contributed by atoms with Crippen LogP contribution in [0.3, 0.4) is 0 Å². The van der Waals surface area contributed by atoms with Crippen molar-refractivity contribution in [1.29, 1.82) is 0 Å². The van der Waals surface area contributed by atoms with Crippen molar-refractivity contribution >= 4 is 23.4 Å². The van der Waals surface area contributed by atoms with E-state index < -0.39 is 0 Å². The number of amides is 2. The molecule has 2 saturated heterocycles. The Balaban J connectivity index is 1.18. The van der Waals surface area contributed by atoms with Gasteiger partial charge in [0, 0.05) is 63.4 Å².